The van der Waals surface area contributed by atoms with Crippen LogP contribution >= 0.6 is 0 Å². The van der Waals surface area contributed by atoms with Crippen molar-refractivity contribution in [3.8, 4) is 5.75 Å². The summed E-state index contributed by atoms with van der Waals surface area (Å²) < 4.78 is 89.9. The van der Waals surface area contributed by atoms with Crippen LogP contribution in [0, 0.1) is 0 Å². The summed E-state index contributed by atoms with van der Waals surface area (Å²) in [6.45, 7) is -9.35. The number of likely N-dealkylation sites (N-methyl/N-ethyl adjacent to an activating group) is 1. The number of methoxy groups -OCH3 is 1. The van der Waals surface area contributed by atoms with Crippen LogP contribution in [0.15, 0.2) is 24.3 Å². The Bertz CT molecular complexity index is 720. The smallest absolute Gasteiger partial charge is 0.118 e. The largest absolute Gasteiger partial charge is 0.497 e. The van der Waals surface area contributed by atoms with Crippen molar-refractivity contribution in [1.29, 1.82) is 0 Å². The Morgan fingerprint density at radius 2 is 2.00 bits per heavy atom. The Kier molecular flexibility index (Phi) is 2.10. The molecule has 1 fully saturated rings. The van der Waals surface area contributed by atoms with E-state index in [1.165, 1.54) is 24.3 Å². The summed E-state index contributed by atoms with van der Waals surface area (Å²) in [6.07, 6.45) is 2.35. The molecule has 1 aromatic rings. The molecule has 0 aliphatic heterocycles. The molecule has 3 nitrogen and oxygen atoms in total. The van der Waals surface area contributed by atoms with Gasteiger partial charge in [0.15, 0.2) is 0 Å². The summed E-state index contributed by atoms with van der Waals surface area (Å²) in [4.78, 5) is -1.24. The molecule has 0 heterocycles. The van der Waals surface area contributed by atoms with Crippen molar-refractivity contribution in [2.24, 2.45) is 0 Å². The van der Waals surface area contributed by atoms with Crippen molar-refractivity contribution < 1.29 is 29.8 Å². The van der Waals surface area contributed by atoms with Crippen LogP contribution in [0.1, 0.15) is 58.7 Å². The van der Waals surface area contributed by atoms with Crippen LogP contribution < -0.4 is 9.64 Å². The maximum atomic E-state index is 11.4. The second kappa shape index (κ2) is 6.59. The van der Waals surface area contributed by atoms with E-state index in [2.05, 4.69) is 0 Å². The normalized spacial score (nSPS) is 30.6. The maximum absolute atomic E-state index is 11.4. The zero-order chi connectivity index (χ0) is 23.9. The molecule has 1 aliphatic carbocycles. The van der Waals surface area contributed by atoms with E-state index in [0.717, 1.165) is 6.42 Å². The molecule has 1 aromatic carbocycles. The molecule has 1 aliphatic rings. The Hall–Kier alpha value is -1.06. The molecule has 0 bridgehead atoms. The minimum absolute atomic E-state index is 0.0189. The van der Waals surface area contributed by atoms with E-state index >= 15 is 0 Å². The van der Waals surface area contributed by atoms with Gasteiger partial charge >= 0.3 is 0 Å². The first-order valence-electron chi connectivity index (χ1n) is 12.3. The van der Waals surface area contributed by atoms with Gasteiger partial charge in [-0.2, -0.15) is 0 Å². The quantitative estimate of drug-likeness (QED) is 0.864. The number of hydrogen-bond donors (Lipinski definition) is 2. The number of benzene rings is 1. The van der Waals surface area contributed by atoms with Gasteiger partial charge in [0.1, 0.15) is 5.75 Å². The van der Waals surface area contributed by atoms with Crippen LogP contribution in [-0.2, 0) is 0 Å². The molecule has 2 rings (SSSR count). The topological polar surface area (TPSA) is 33.9 Å². The first-order valence-corrected chi connectivity index (χ1v) is 6.78. The SMILES string of the molecule is [2H]C([2H])([2H])Oc1ccc([C@H](C2(O)CCCCC2)C([2H])([2H])[NH+](C([2H])([2H])[2H])C([2H])([2H])[2H])cc1. The highest BCUT2D eigenvalue weighted by Gasteiger charge is 2.40. The van der Waals surface area contributed by atoms with Gasteiger partial charge in [0.25, 0.3) is 0 Å². The molecule has 0 amide bonds. The second-order valence-electron chi connectivity index (χ2n) is 5.29. The number of aliphatic hydroxyl groups is 1. The minimum atomic E-state index is -3.22. The Labute approximate surface area is 138 Å². The van der Waals surface area contributed by atoms with Gasteiger partial charge in [0, 0.05) is 0 Å². The highest BCUT2D eigenvalue weighted by Crippen LogP contribution is 2.39. The average Bonchev–Trinajstić information content (AvgIpc) is 2.52. The standard InChI is InChI=1S/C17H27NO2/c1-18(2)13-16(17(19)11-5-4-6-12-17)14-7-9-15(20-3)10-8-14/h7-10,16,19H,4-6,11-13H2,1-3H3/p+1/t16-/m1/s1/i1D3,2D3,3D3,13D2. The first kappa shape index (κ1) is 6.37. The fraction of sp³-hybridized carbons (Fsp3) is 0.647. The number of rotatable bonds is 5. The molecular formula is C17H28NO2+. The summed E-state index contributed by atoms with van der Waals surface area (Å²) >= 11 is 0. The molecule has 3 heteroatoms. The van der Waals surface area contributed by atoms with Crippen LogP contribution in [0.4, 0.5) is 0 Å². The van der Waals surface area contributed by atoms with Gasteiger partial charge in [-0.05, 0) is 30.5 Å². The number of ether oxygens (including phenoxy) is 1. The number of nitrogens with one attached hydrogen (secondary N) is 1. The molecule has 0 radical (unpaired) electrons. The minimum Gasteiger partial charge on any atom is -0.497 e. The van der Waals surface area contributed by atoms with Crippen molar-refractivity contribution in [2.45, 2.75) is 43.6 Å². The van der Waals surface area contributed by atoms with E-state index in [1.807, 2.05) is 0 Å². The lowest BCUT2D eigenvalue weighted by Gasteiger charge is -2.39. The van der Waals surface area contributed by atoms with E-state index in [4.69, 9.17) is 19.8 Å². The van der Waals surface area contributed by atoms with Crippen molar-refractivity contribution in [2.75, 3.05) is 27.5 Å². The Balaban J connectivity index is 2.60. The van der Waals surface area contributed by atoms with Crippen molar-refractivity contribution in [1.82, 2.24) is 0 Å². The molecule has 0 unspecified atom stereocenters. The molecule has 112 valence electrons. The zero-order valence-electron chi connectivity index (χ0n) is 22.3. The van der Waals surface area contributed by atoms with Gasteiger partial charge in [0.05, 0.1) is 54.1 Å². The summed E-state index contributed by atoms with van der Waals surface area (Å²) in [7, 11) is -2.69. The van der Waals surface area contributed by atoms with Gasteiger partial charge < -0.3 is 14.7 Å². The highest BCUT2D eigenvalue weighted by molar-refractivity contribution is 5.31. The highest BCUT2D eigenvalue weighted by atomic mass is 16.5. The zero-order valence-corrected chi connectivity index (χ0v) is 11.3. The van der Waals surface area contributed by atoms with Crippen LogP contribution in [0.5, 0.6) is 5.75 Å². The maximum Gasteiger partial charge on any atom is 0.118 e. The Morgan fingerprint density at radius 3 is 2.60 bits per heavy atom. The van der Waals surface area contributed by atoms with Crippen LogP contribution in [0.2, 0.25) is 0 Å². The van der Waals surface area contributed by atoms with E-state index in [0.29, 0.717) is 12.8 Å². The molecular weight excluding hydrogens is 250 g/mol. The molecule has 0 spiro atoms. The fourth-order valence-electron chi connectivity index (χ4n) is 2.85. The monoisotopic (exact) mass is 289 g/mol. The average molecular weight is 289 g/mol. The molecule has 2 N–H and O–H groups in total. The molecule has 20 heavy (non-hydrogen) atoms. The fourth-order valence-corrected chi connectivity index (χ4v) is 2.85. The molecule has 0 saturated heterocycles. The van der Waals surface area contributed by atoms with Crippen molar-refractivity contribution in [3.63, 3.8) is 0 Å². The lowest BCUT2D eigenvalue weighted by atomic mass is 9.72. The van der Waals surface area contributed by atoms with Gasteiger partial charge in [0.2, 0.25) is 0 Å². The van der Waals surface area contributed by atoms with Gasteiger partial charge in [-0.25, -0.2) is 0 Å². The first-order chi connectivity index (χ1) is 13.9. The van der Waals surface area contributed by atoms with Gasteiger partial charge in [-0.15, -0.1) is 0 Å². The van der Waals surface area contributed by atoms with E-state index in [9.17, 15) is 5.11 Å². The third-order valence-electron chi connectivity index (χ3n) is 3.88. The molecule has 1 atom stereocenters. The number of hydrogen-bond acceptors (Lipinski definition) is 2. The summed E-state index contributed by atoms with van der Waals surface area (Å²) in [6, 6.07) is 5.24. The lowest BCUT2D eigenvalue weighted by Crippen LogP contribution is -3.06. The third kappa shape index (κ3) is 3.53. The van der Waals surface area contributed by atoms with Crippen LogP contribution in [-0.4, -0.2) is 38.2 Å². The van der Waals surface area contributed by atoms with E-state index in [-0.39, 0.29) is 24.2 Å². The summed E-state index contributed by atoms with van der Waals surface area (Å²) in [5.74, 6) is -1.51. The predicted octanol–water partition coefficient (Wildman–Crippen LogP) is 1.62. The molecule has 0 aromatic heterocycles. The van der Waals surface area contributed by atoms with Crippen molar-refractivity contribution in [3.05, 3.63) is 29.8 Å². The predicted molar refractivity (Wildman–Crippen MR) is 81.4 cm³/mol. The lowest BCUT2D eigenvalue weighted by molar-refractivity contribution is -0.860. The third-order valence-corrected chi connectivity index (χ3v) is 3.88. The van der Waals surface area contributed by atoms with E-state index in [1.54, 1.807) is 0 Å². The second-order valence-corrected chi connectivity index (χ2v) is 5.29. The van der Waals surface area contributed by atoms with Crippen LogP contribution in [0.3, 0.4) is 0 Å². The van der Waals surface area contributed by atoms with Gasteiger partial charge in [-0.3, -0.25) is 0 Å². The van der Waals surface area contributed by atoms with Gasteiger partial charge in [-0.1, -0.05) is 31.4 Å². The van der Waals surface area contributed by atoms with E-state index < -0.39 is 43.9 Å². The van der Waals surface area contributed by atoms with Crippen molar-refractivity contribution >= 4 is 0 Å². The summed E-state index contributed by atoms with van der Waals surface area (Å²) in [5.41, 5.74) is -1.51. The van der Waals surface area contributed by atoms with Crippen LogP contribution in [0.25, 0.3) is 0 Å². The summed E-state index contributed by atoms with van der Waals surface area (Å²) in [5, 5.41) is 11.4. The number of quaternary nitrogens is 1. The Morgan fingerprint density at radius 1 is 1.30 bits per heavy atom. The molecule has 1 saturated carbocycles.